The summed E-state index contributed by atoms with van der Waals surface area (Å²) in [5, 5.41) is 18.1. The smallest absolute Gasteiger partial charge is 0.423 e. The second-order valence-corrected chi connectivity index (χ2v) is 4.52. The molecule has 0 unspecified atom stereocenters. The van der Waals surface area contributed by atoms with Crippen molar-refractivity contribution in [1.82, 2.24) is 4.90 Å². The van der Waals surface area contributed by atoms with Crippen LogP contribution in [0.5, 0.6) is 0 Å². The molecule has 0 bridgehead atoms. The van der Waals surface area contributed by atoms with Crippen molar-refractivity contribution in [3.63, 3.8) is 0 Å². The highest BCUT2D eigenvalue weighted by Gasteiger charge is 2.23. The Hall–Kier alpha value is -1.59. The maximum atomic E-state index is 12.2. The Kier molecular flexibility index (Phi) is 3.84. The summed E-state index contributed by atoms with van der Waals surface area (Å²) in [6, 6.07) is 7.46. The summed E-state index contributed by atoms with van der Waals surface area (Å²) >= 11 is 0. The van der Waals surface area contributed by atoms with Gasteiger partial charge in [0.25, 0.3) is 5.91 Å². The standard InChI is InChI=1S/C13H16BNO3/c1-10-2-4-11(5-3-10)13(16)15-8-6-12(7-9-15)14(17)18/h2-6,17-18H,7-9H2,1H3. The summed E-state index contributed by atoms with van der Waals surface area (Å²) in [6.45, 7) is 2.93. The lowest BCUT2D eigenvalue weighted by molar-refractivity contribution is 0.0769. The van der Waals surface area contributed by atoms with Gasteiger partial charge in [-0.1, -0.05) is 23.8 Å². The molecule has 0 saturated carbocycles. The average Bonchev–Trinajstić information content (AvgIpc) is 2.39. The lowest BCUT2D eigenvalue weighted by atomic mass is 9.76. The van der Waals surface area contributed by atoms with Gasteiger partial charge in [0.1, 0.15) is 0 Å². The second-order valence-electron chi connectivity index (χ2n) is 4.52. The average molecular weight is 245 g/mol. The molecule has 1 aliphatic rings. The normalized spacial score (nSPS) is 15.3. The fraction of sp³-hybridized carbons (Fsp3) is 0.308. The van der Waals surface area contributed by atoms with E-state index in [4.69, 9.17) is 10.0 Å². The molecule has 0 spiro atoms. The topological polar surface area (TPSA) is 60.8 Å². The highest BCUT2D eigenvalue weighted by atomic mass is 16.4. The van der Waals surface area contributed by atoms with E-state index in [1.807, 2.05) is 31.2 Å². The van der Waals surface area contributed by atoms with E-state index in [1.165, 1.54) is 0 Å². The first-order chi connectivity index (χ1) is 8.58. The Morgan fingerprint density at radius 1 is 1.28 bits per heavy atom. The molecule has 1 aromatic rings. The van der Waals surface area contributed by atoms with Crippen LogP contribution in [-0.4, -0.2) is 41.1 Å². The molecule has 2 rings (SSSR count). The van der Waals surface area contributed by atoms with Crippen LogP contribution >= 0.6 is 0 Å². The van der Waals surface area contributed by atoms with Gasteiger partial charge < -0.3 is 14.9 Å². The van der Waals surface area contributed by atoms with Crippen molar-refractivity contribution in [1.29, 1.82) is 0 Å². The van der Waals surface area contributed by atoms with Gasteiger partial charge in [0, 0.05) is 18.7 Å². The third-order valence-electron chi connectivity index (χ3n) is 3.16. The predicted octanol–water partition coefficient (Wildman–Crippen LogP) is 0.779. The predicted molar refractivity (Wildman–Crippen MR) is 70.0 cm³/mol. The van der Waals surface area contributed by atoms with E-state index in [-0.39, 0.29) is 5.91 Å². The van der Waals surface area contributed by atoms with E-state index in [1.54, 1.807) is 11.0 Å². The Labute approximate surface area is 107 Å². The highest BCUT2D eigenvalue weighted by Crippen LogP contribution is 2.15. The van der Waals surface area contributed by atoms with Crippen molar-refractivity contribution in [3.05, 3.63) is 46.9 Å². The zero-order valence-corrected chi connectivity index (χ0v) is 10.3. The van der Waals surface area contributed by atoms with Gasteiger partial charge in [0.2, 0.25) is 0 Å². The third-order valence-corrected chi connectivity index (χ3v) is 3.16. The molecule has 2 N–H and O–H groups in total. The minimum absolute atomic E-state index is 0.0160. The quantitative estimate of drug-likeness (QED) is 0.757. The van der Waals surface area contributed by atoms with Crippen LogP contribution in [0.25, 0.3) is 0 Å². The Morgan fingerprint density at radius 2 is 1.94 bits per heavy atom. The third kappa shape index (κ3) is 2.80. The molecule has 0 saturated heterocycles. The lowest BCUT2D eigenvalue weighted by Gasteiger charge is -2.26. The van der Waals surface area contributed by atoms with Crippen LogP contribution in [0, 0.1) is 6.92 Å². The number of aryl methyl sites for hydroxylation is 1. The van der Waals surface area contributed by atoms with Crippen LogP contribution < -0.4 is 0 Å². The number of benzene rings is 1. The first-order valence-electron chi connectivity index (χ1n) is 5.99. The van der Waals surface area contributed by atoms with Gasteiger partial charge in [0.05, 0.1) is 0 Å². The summed E-state index contributed by atoms with van der Waals surface area (Å²) in [5.74, 6) is -0.0160. The van der Waals surface area contributed by atoms with Gasteiger partial charge in [-0.15, -0.1) is 0 Å². The molecule has 1 aromatic carbocycles. The zero-order chi connectivity index (χ0) is 13.1. The van der Waals surface area contributed by atoms with Crippen LogP contribution in [0.1, 0.15) is 22.3 Å². The summed E-state index contributed by atoms with van der Waals surface area (Å²) in [5.41, 5.74) is 2.38. The Bertz CT molecular complexity index is 468. The molecular formula is C13H16BNO3. The van der Waals surface area contributed by atoms with Crippen molar-refractivity contribution in [2.75, 3.05) is 13.1 Å². The van der Waals surface area contributed by atoms with Gasteiger partial charge in [0.15, 0.2) is 0 Å². The molecule has 1 aliphatic heterocycles. The molecule has 0 atom stereocenters. The monoisotopic (exact) mass is 245 g/mol. The van der Waals surface area contributed by atoms with Crippen LogP contribution in [0.15, 0.2) is 35.8 Å². The number of hydrogen-bond acceptors (Lipinski definition) is 3. The molecule has 0 aromatic heterocycles. The SMILES string of the molecule is Cc1ccc(C(=O)N2CC=C(B(O)O)CC2)cc1. The van der Waals surface area contributed by atoms with Crippen LogP contribution in [-0.2, 0) is 0 Å². The van der Waals surface area contributed by atoms with E-state index in [2.05, 4.69) is 0 Å². The van der Waals surface area contributed by atoms with Gasteiger partial charge in [-0.25, -0.2) is 0 Å². The first-order valence-corrected chi connectivity index (χ1v) is 5.99. The number of hydrogen-bond donors (Lipinski definition) is 2. The highest BCUT2D eigenvalue weighted by molar-refractivity contribution is 6.50. The van der Waals surface area contributed by atoms with E-state index in [0.29, 0.717) is 30.5 Å². The van der Waals surface area contributed by atoms with E-state index in [0.717, 1.165) is 5.56 Å². The summed E-state index contributed by atoms with van der Waals surface area (Å²) in [7, 11) is -1.40. The van der Waals surface area contributed by atoms with Gasteiger partial charge in [-0.05, 0) is 30.9 Å². The minimum Gasteiger partial charge on any atom is -0.423 e. The molecular weight excluding hydrogens is 229 g/mol. The van der Waals surface area contributed by atoms with E-state index < -0.39 is 7.12 Å². The Morgan fingerprint density at radius 3 is 2.44 bits per heavy atom. The molecule has 4 nitrogen and oxygen atoms in total. The fourth-order valence-electron chi connectivity index (χ4n) is 1.98. The van der Waals surface area contributed by atoms with Gasteiger partial charge in [-0.2, -0.15) is 0 Å². The first kappa shape index (κ1) is 12.9. The van der Waals surface area contributed by atoms with Crippen molar-refractivity contribution < 1.29 is 14.8 Å². The van der Waals surface area contributed by atoms with E-state index in [9.17, 15) is 4.79 Å². The molecule has 1 heterocycles. The maximum absolute atomic E-state index is 12.2. The molecule has 18 heavy (non-hydrogen) atoms. The number of carbonyl (C=O) groups is 1. The molecule has 94 valence electrons. The Balaban J connectivity index is 2.06. The molecule has 0 fully saturated rings. The largest absolute Gasteiger partial charge is 0.483 e. The number of amides is 1. The second kappa shape index (κ2) is 5.37. The molecule has 5 heteroatoms. The molecule has 0 radical (unpaired) electrons. The molecule has 0 aliphatic carbocycles. The summed E-state index contributed by atoms with van der Waals surface area (Å²) < 4.78 is 0. The number of carbonyl (C=O) groups excluding carboxylic acids is 1. The summed E-state index contributed by atoms with van der Waals surface area (Å²) in [6.07, 6.45) is 2.22. The zero-order valence-electron chi connectivity index (χ0n) is 10.3. The van der Waals surface area contributed by atoms with Crippen LogP contribution in [0.3, 0.4) is 0 Å². The number of nitrogens with zero attached hydrogens (tertiary/aromatic N) is 1. The van der Waals surface area contributed by atoms with Crippen molar-refractivity contribution in [2.45, 2.75) is 13.3 Å². The minimum atomic E-state index is -1.40. The van der Waals surface area contributed by atoms with Gasteiger partial charge >= 0.3 is 7.12 Å². The maximum Gasteiger partial charge on any atom is 0.483 e. The van der Waals surface area contributed by atoms with Gasteiger partial charge in [-0.3, -0.25) is 4.79 Å². The molecule has 1 amide bonds. The number of rotatable bonds is 2. The van der Waals surface area contributed by atoms with Crippen molar-refractivity contribution in [3.8, 4) is 0 Å². The van der Waals surface area contributed by atoms with Crippen LogP contribution in [0.4, 0.5) is 0 Å². The van der Waals surface area contributed by atoms with Crippen molar-refractivity contribution in [2.24, 2.45) is 0 Å². The van der Waals surface area contributed by atoms with E-state index >= 15 is 0 Å². The van der Waals surface area contributed by atoms with Crippen molar-refractivity contribution >= 4 is 13.0 Å². The lowest BCUT2D eigenvalue weighted by Crippen LogP contribution is -2.37. The fourth-order valence-corrected chi connectivity index (χ4v) is 1.98. The van der Waals surface area contributed by atoms with Crippen LogP contribution in [0.2, 0.25) is 0 Å². The summed E-state index contributed by atoms with van der Waals surface area (Å²) in [4.78, 5) is 13.9.